The number of hydrogen-bond acceptors (Lipinski definition) is 9. The molecule has 3 aliphatic rings. The molecular formula is C25H28N4O7S. The number of aromatic nitrogens is 1. The van der Waals surface area contributed by atoms with Crippen molar-refractivity contribution in [2.24, 2.45) is 23.2 Å². The minimum absolute atomic E-state index is 0.0103. The molecule has 5 rings (SSSR count). The molecule has 0 aliphatic heterocycles. The van der Waals surface area contributed by atoms with Crippen LogP contribution >= 0.6 is 11.3 Å². The molecule has 2 fully saturated rings. The lowest BCUT2D eigenvalue weighted by Crippen LogP contribution is -2.44. The van der Waals surface area contributed by atoms with Gasteiger partial charge in [-0.05, 0) is 68.3 Å². The fourth-order valence-electron chi connectivity index (χ4n) is 7.26. The molecule has 2 N–H and O–H groups in total. The van der Waals surface area contributed by atoms with Crippen molar-refractivity contribution in [1.82, 2.24) is 4.98 Å². The molecular weight excluding hydrogens is 500 g/mol. The lowest BCUT2D eigenvalue weighted by Gasteiger charge is -2.49. The van der Waals surface area contributed by atoms with Crippen molar-refractivity contribution in [2.45, 2.75) is 64.7 Å². The highest BCUT2D eigenvalue weighted by molar-refractivity contribution is 7.15. The summed E-state index contributed by atoms with van der Waals surface area (Å²) in [6, 6.07) is 1.30. The first-order valence-electron chi connectivity index (χ1n) is 12.4. The maximum absolute atomic E-state index is 13.2. The number of carbonyl (C=O) groups excluding carboxylic acids is 2. The number of amides is 1. The van der Waals surface area contributed by atoms with Crippen molar-refractivity contribution < 1.29 is 24.5 Å². The Hall–Kier alpha value is -3.41. The van der Waals surface area contributed by atoms with E-state index in [0.29, 0.717) is 54.8 Å². The van der Waals surface area contributed by atoms with Crippen molar-refractivity contribution in [3.05, 3.63) is 48.5 Å². The van der Waals surface area contributed by atoms with E-state index in [9.17, 15) is 34.9 Å². The van der Waals surface area contributed by atoms with Crippen molar-refractivity contribution >= 4 is 39.5 Å². The molecule has 0 radical (unpaired) electrons. The highest BCUT2D eigenvalue weighted by Crippen LogP contribution is 2.63. The monoisotopic (exact) mass is 528 g/mol. The van der Waals surface area contributed by atoms with Crippen LogP contribution in [-0.4, -0.2) is 31.6 Å². The zero-order valence-corrected chi connectivity index (χ0v) is 21.4. The number of carbonyl (C=O) groups is 2. The summed E-state index contributed by atoms with van der Waals surface area (Å²) in [4.78, 5) is 52.8. The van der Waals surface area contributed by atoms with Gasteiger partial charge in [-0.1, -0.05) is 6.92 Å². The summed E-state index contributed by atoms with van der Waals surface area (Å²) in [5, 5.41) is 37.0. The topological polar surface area (TPSA) is 166 Å². The van der Waals surface area contributed by atoms with E-state index >= 15 is 0 Å². The van der Waals surface area contributed by atoms with Gasteiger partial charge in [-0.25, -0.2) is 4.98 Å². The Morgan fingerprint density at radius 2 is 2.05 bits per heavy atom. The smallest absolute Gasteiger partial charge is 0.321 e. The van der Waals surface area contributed by atoms with Crippen LogP contribution in [0.15, 0.2) is 12.3 Å². The lowest BCUT2D eigenvalue weighted by molar-refractivity contribution is -0.396. The molecule has 0 spiro atoms. The molecule has 3 unspecified atom stereocenters. The number of aromatic hydroxyl groups is 1. The number of nitrogens with zero attached hydrogens (tertiary/aromatic N) is 3. The second kappa shape index (κ2) is 9.16. The van der Waals surface area contributed by atoms with E-state index in [-0.39, 0.29) is 41.8 Å². The zero-order chi connectivity index (χ0) is 26.6. The molecule has 1 amide bonds. The average Bonchev–Trinajstić information content (AvgIpc) is 3.35. The van der Waals surface area contributed by atoms with Gasteiger partial charge in [0.2, 0.25) is 5.91 Å². The standard InChI is InChI=1S/C25H28N4O7S/c1-12-11-26-24(37-12)27-20(31)6-3-13-9-19(30)25(2)8-7-14-15(21(13)25)4-5-16-17(14)10-18(28(33)34)23(32)22(16)29(35)36/h10-11,13-15,21,32H,3-9H2,1-2H3,(H,26,27,31)/t13-,14?,15?,21?,25-/m1/s1. The number of Topliss-reactive ketones (excluding diaryl/α,β-unsaturated/α-hetero) is 1. The molecule has 11 nitrogen and oxygen atoms in total. The number of rotatable bonds is 6. The number of nitrogens with one attached hydrogen (secondary N) is 1. The van der Waals surface area contributed by atoms with E-state index in [1.807, 2.05) is 13.8 Å². The number of thiazole rings is 1. The molecule has 1 heterocycles. The fraction of sp³-hybridized carbons (Fsp3) is 0.560. The summed E-state index contributed by atoms with van der Waals surface area (Å²) in [6.45, 7) is 3.90. The Kier molecular flexibility index (Phi) is 6.25. The largest absolute Gasteiger partial charge is 0.497 e. The van der Waals surface area contributed by atoms with Crippen molar-refractivity contribution in [2.75, 3.05) is 5.32 Å². The first-order chi connectivity index (χ1) is 17.5. The van der Waals surface area contributed by atoms with E-state index in [0.717, 1.165) is 4.88 Å². The molecule has 0 saturated heterocycles. The van der Waals surface area contributed by atoms with Gasteiger partial charge >= 0.3 is 11.4 Å². The van der Waals surface area contributed by atoms with Gasteiger partial charge in [-0.15, -0.1) is 11.3 Å². The Balaban J connectivity index is 1.43. The zero-order valence-electron chi connectivity index (χ0n) is 20.6. The minimum Gasteiger partial charge on any atom is -0.497 e. The van der Waals surface area contributed by atoms with Crippen LogP contribution in [0.3, 0.4) is 0 Å². The van der Waals surface area contributed by atoms with E-state index < -0.39 is 32.4 Å². The number of aryl methyl sites for hydroxylation is 1. The Morgan fingerprint density at radius 3 is 2.70 bits per heavy atom. The molecule has 1 aromatic heterocycles. The Bertz CT molecular complexity index is 1320. The maximum atomic E-state index is 13.2. The van der Waals surface area contributed by atoms with Gasteiger partial charge in [0.1, 0.15) is 5.78 Å². The van der Waals surface area contributed by atoms with Gasteiger partial charge < -0.3 is 10.4 Å². The summed E-state index contributed by atoms with van der Waals surface area (Å²) >= 11 is 1.40. The SMILES string of the molecule is Cc1cnc(NC(=O)CC[C@@H]2CC(=O)[C@@]3(C)CCC4c5cc([N+](=O)[O-])c(O)c([N+](=O)[O-])c5CCC4C23)s1. The summed E-state index contributed by atoms with van der Waals surface area (Å²) < 4.78 is 0. The number of phenols is 1. The maximum Gasteiger partial charge on any atom is 0.321 e. The van der Waals surface area contributed by atoms with Crippen molar-refractivity contribution in [3.8, 4) is 5.75 Å². The number of fused-ring (bicyclic) bond motifs is 5. The predicted octanol–water partition coefficient (Wildman–Crippen LogP) is 5.04. The number of hydrogen-bond donors (Lipinski definition) is 2. The lowest BCUT2D eigenvalue weighted by atomic mass is 9.54. The number of phenolic OH excluding ortho intramolecular Hbond substituents is 1. The molecule has 37 heavy (non-hydrogen) atoms. The second-order valence-corrected chi connectivity index (χ2v) is 12.0. The molecule has 1 aromatic carbocycles. The Morgan fingerprint density at radius 1 is 1.30 bits per heavy atom. The summed E-state index contributed by atoms with van der Waals surface area (Å²) in [7, 11) is 0. The minimum atomic E-state index is -0.900. The third-order valence-corrected chi connectivity index (χ3v) is 9.62. The van der Waals surface area contributed by atoms with Crippen molar-refractivity contribution in [3.63, 3.8) is 0 Å². The van der Waals surface area contributed by atoms with Gasteiger partial charge in [-0.3, -0.25) is 29.8 Å². The van der Waals surface area contributed by atoms with E-state index in [1.54, 1.807) is 6.20 Å². The summed E-state index contributed by atoms with van der Waals surface area (Å²) in [6.07, 6.45) is 4.93. The summed E-state index contributed by atoms with van der Waals surface area (Å²) in [5.41, 5.74) is -0.876. The van der Waals surface area contributed by atoms with Crippen LogP contribution in [0.2, 0.25) is 0 Å². The first kappa shape index (κ1) is 25.2. The quantitative estimate of drug-likeness (QED) is 0.388. The average molecular weight is 529 g/mol. The number of nitro groups is 2. The second-order valence-electron chi connectivity index (χ2n) is 10.7. The van der Waals surface area contributed by atoms with Gasteiger partial charge in [0, 0.05) is 41.0 Å². The van der Waals surface area contributed by atoms with Gasteiger partial charge in [0.05, 0.1) is 9.85 Å². The first-order valence-corrected chi connectivity index (χ1v) is 13.3. The molecule has 12 heteroatoms. The van der Waals surface area contributed by atoms with Crippen LogP contribution in [0.4, 0.5) is 16.5 Å². The molecule has 3 aliphatic carbocycles. The van der Waals surface area contributed by atoms with Gasteiger partial charge in [0.15, 0.2) is 5.13 Å². The number of nitro benzene ring substituents is 2. The highest BCUT2D eigenvalue weighted by atomic mass is 32.1. The third-order valence-electron chi connectivity index (χ3n) is 8.79. The molecule has 2 saturated carbocycles. The predicted molar refractivity (Wildman–Crippen MR) is 135 cm³/mol. The van der Waals surface area contributed by atoms with E-state index in [2.05, 4.69) is 10.3 Å². The van der Waals surface area contributed by atoms with Crippen LogP contribution in [-0.2, 0) is 16.0 Å². The van der Waals surface area contributed by atoms with Crippen LogP contribution in [0.25, 0.3) is 0 Å². The van der Waals surface area contributed by atoms with Gasteiger partial charge in [-0.2, -0.15) is 0 Å². The third kappa shape index (κ3) is 4.16. The van der Waals surface area contributed by atoms with Crippen LogP contribution in [0.1, 0.15) is 67.4 Å². The Labute approximate surface area is 216 Å². The van der Waals surface area contributed by atoms with Crippen LogP contribution < -0.4 is 5.32 Å². The van der Waals surface area contributed by atoms with Gasteiger partial charge in [0.25, 0.3) is 5.75 Å². The highest BCUT2D eigenvalue weighted by Gasteiger charge is 2.59. The van der Waals surface area contributed by atoms with Crippen molar-refractivity contribution in [1.29, 1.82) is 0 Å². The molecule has 196 valence electrons. The number of benzene rings is 1. The summed E-state index contributed by atoms with van der Waals surface area (Å²) in [5.74, 6) is -1.07. The molecule has 0 bridgehead atoms. The van der Waals surface area contributed by atoms with Crippen LogP contribution in [0.5, 0.6) is 5.75 Å². The number of anilines is 1. The fourth-order valence-corrected chi connectivity index (χ4v) is 7.94. The normalized spacial score (nSPS) is 28.2. The number of ketones is 1. The molecule has 2 aromatic rings. The molecule has 5 atom stereocenters. The van der Waals surface area contributed by atoms with E-state index in [4.69, 9.17) is 0 Å². The van der Waals surface area contributed by atoms with E-state index in [1.165, 1.54) is 17.4 Å². The van der Waals surface area contributed by atoms with Crippen LogP contribution in [0, 0.1) is 50.3 Å².